The average Bonchev–Trinajstić information content (AvgIpc) is 2.66. The van der Waals surface area contributed by atoms with E-state index in [2.05, 4.69) is 10.1 Å². The van der Waals surface area contributed by atoms with Crippen LogP contribution in [0, 0.1) is 5.82 Å². The van der Waals surface area contributed by atoms with Crippen molar-refractivity contribution >= 4 is 11.9 Å². The number of carbonyl (C=O) groups is 2. The van der Waals surface area contributed by atoms with Gasteiger partial charge in [0, 0.05) is 6.54 Å². The van der Waals surface area contributed by atoms with Crippen LogP contribution in [0.3, 0.4) is 0 Å². The molecule has 1 atom stereocenters. The molecule has 2 aromatic rings. The van der Waals surface area contributed by atoms with Gasteiger partial charge in [0.1, 0.15) is 12.4 Å². The van der Waals surface area contributed by atoms with E-state index in [0.29, 0.717) is 11.1 Å². The zero-order valence-corrected chi connectivity index (χ0v) is 15.5. The molecule has 0 spiro atoms. The third kappa shape index (κ3) is 7.90. The minimum absolute atomic E-state index is 0.141. The number of alkyl halides is 3. The lowest BCUT2D eigenvalue weighted by Crippen LogP contribution is -2.35. The number of ether oxygens (including phenoxy) is 2. The largest absolute Gasteiger partial charge is 0.449 e. The van der Waals surface area contributed by atoms with Gasteiger partial charge in [-0.2, -0.15) is 13.2 Å². The van der Waals surface area contributed by atoms with E-state index >= 15 is 0 Å². The van der Waals surface area contributed by atoms with Crippen LogP contribution in [0.4, 0.5) is 17.6 Å². The summed E-state index contributed by atoms with van der Waals surface area (Å²) in [4.78, 5) is 24.1. The molecule has 9 heteroatoms. The number of esters is 1. The molecular formula is C20H19F4NO4. The first-order valence-corrected chi connectivity index (χ1v) is 8.60. The molecule has 5 nitrogen and oxygen atoms in total. The molecule has 0 aromatic heterocycles. The van der Waals surface area contributed by atoms with Crippen molar-refractivity contribution in [3.8, 4) is 0 Å². The quantitative estimate of drug-likeness (QED) is 0.529. The molecule has 0 saturated heterocycles. The highest BCUT2D eigenvalue weighted by molar-refractivity contribution is 5.92. The average molecular weight is 413 g/mol. The van der Waals surface area contributed by atoms with E-state index < -0.39 is 30.8 Å². The zero-order valence-electron chi connectivity index (χ0n) is 15.5. The van der Waals surface area contributed by atoms with Crippen LogP contribution in [0.2, 0.25) is 0 Å². The number of benzene rings is 2. The van der Waals surface area contributed by atoms with E-state index in [1.165, 1.54) is 55.5 Å². The molecule has 156 valence electrons. The van der Waals surface area contributed by atoms with Gasteiger partial charge in [0.2, 0.25) is 0 Å². The smallest absolute Gasteiger partial charge is 0.411 e. The summed E-state index contributed by atoms with van der Waals surface area (Å²) >= 11 is 0. The zero-order chi connectivity index (χ0) is 21.4. The summed E-state index contributed by atoms with van der Waals surface area (Å²) < 4.78 is 58.6. The van der Waals surface area contributed by atoms with E-state index in [4.69, 9.17) is 4.74 Å². The standard InChI is InChI=1S/C20H19F4NO4/c1-13(18(26)25-10-14-4-8-17(21)9-5-14)29-19(27)16-6-2-15(3-7-16)11-28-12-20(22,23)24/h2-9,13H,10-12H2,1H3,(H,25,26). The molecule has 0 saturated carbocycles. The van der Waals surface area contributed by atoms with Gasteiger partial charge in [-0.05, 0) is 42.3 Å². The summed E-state index contributed by atoms with van der Waals surface area (Å²) in [5.74, 6) is -1.67. The first kappa shape index (κ1) is 22.4. The van der Waals surface area contributed by atoms with Crippen LogP contribution in [-0.4, -0.2) is 30.8 Å². The Hall–Kier alpha value is -2.94. The van der Waals surface area contributed by atoms with E-state index in [9.17, 15) is 27.2 Å². The summed E-state index contributed by atoms with van der Waals surface area (Å²) in [6.45, 7) is -0.0662. The first-order chi connectivity index (χ1) is 13.6. The Balaban J connectivity index is 1.80. The van der Waals surface area contributed by atoms with E-state index in [1.54, 1.807) is 0 Å². The second-order valence-corrected chi connectivity index (χ2v) is 6.20. The maximum Gasteiger partial charge on any atom is 0.411 e. The van der Waals surface area contributed by atoms with Crippen molar-refractivity contribution in [2.75, 3.05) is 6.61 Å². The fraction of sp³-hybridized carbons (Fsp3) is 0.300. The molecule has 0 aliphatic rings. The van der Waals surface area contributed by atoms with E-state index in [-0.39, 0.29) is 24.5 Å². The number of nitrogens with one attached hydrogen (secondary N) is 1. The van der Waals surface area contributed by atoms with Crippen molar-refractivity contribution < 1.29 is 36.6 Å². The van der Waals surface area contributed by atoms with Crippen molar-refractivity contribution in [2.24, 2.45) is 0 Å². The molecular weight excluding hydrogens is 394 g/mol. The van der Waals surface area contributed by atoms with Crippen molar-refractivity contribution in [1.29, 1.82) is 0 Å². The van der Waals surface area contributed by atoms with Crippen LogP contribution in [0.15, 0.2) is 48.5 Å². The van der Waals surface area contributed by atoms with Gasteiger partial charge in [0.25, 0.3) is 5.91 Å². The third-order valence-electron chi connectivity index (χ3n) is 3.76. The van der Waals surface area contributed by atoms with E-state index in [0.717, 1.165) is 0 Å². The van der Waals surface area contributed by atoms with Gasteiger partial charge >= 0.3 is 12.1 Å². The van der Waals surface area contributed by atoms with Gasteiger partial charge in [-0.3, -0.25) is 4.79 Å². The molecule has 2 rings (SSSR count). The summed E-state index contributed by atoms with van der Waals surface area (Å²) in [7, 11) is 0. The van der Waals surface area contributed by atoms with Gasteiger partial charge in [0.15, 0.2) is 6.10 Å². The number of amides is 1. The summed E-state index contributed by atoms with van der Waals surface area (Å²) in [5.41, 5.74) is 1.28. The number of carbonyl (C=O) groups excluding carboxylic acids is 2. The number of halogens is 4. The molecule has 0 bridgehead atoms. The highest BCUT2D eigenvalue weighted by Crippen LogP contribution is 2.16. The van der Waals surface area contributed by atoms with Gasteiger partial charge in [0.05, 0.1) is 12.2 Å². The Labute approximate surface area is 164 Å². The van der Waals surface area contributed by atoms with Crippen LogP contribution < -0.4 is 5.32 Å². The second kappa shape index (κ2) is 10.0. The van der Waals surface area contributed by atoms with Crippen LogP contribution in [0.1, 0.15) is 28.4 Å². The van der Waals surface area contributed by atoms with Gasteiger partial charge in [-0.25, -0.2) is 9.18 Å². The van der Waals surface area contributed by atoms with Gasteiger partial charge in [-0.15, -0.1) is 0 Å². The molecule has 0 heterocycles. The number of hydrogen-bond acceptors (Lipinski definition) is 4. The normalized spacial score (nSPS) is 12.3. The SMILES string of the molecule is CC(OC(=O)c1ccc(COCC(F)(F)F)cc1)C(=O)NCc1ccc(F)cc1. The molecule has 0 fully saturated rings. The van der Waals surface area contributed by atoms with Crippen molar-refractivity contribution in [1.82, 2.24) is 5.32 Å². The topological polar surface area (TPSA) is 64.6 Å². The molecule has 1 unspecified atom stereocenters. The van der Waals surface area contributed by atoms with Crippen LogP contribution >= 0.6 is 0 Å². The number of rotatable bonds is 8. The predicted molar refractivity (Wildman–Crippen MR) is 95.3 cm³/mol. The maximum atomic E-state index is 12.9. The highest BCUT2D eigenvalue weighted by Gasteiger charge is 2.27. The highest BCUT2D eigenvalue weighted by atomic mass is 19.4. The molecule has 0 radical (unpaired) electrons. The lowest BCUT2D eigenvalue weighted by Gasteiger charge is -2.14. The lowest BCUT2D eigenvalue weighted by atomic mass is 10.1. The monoisotopic (exact) mass is 413 g/mol. The molecule has 29 heavy (non-hydrogen) atoms. The van der Waals surface area contributed by atoms with Crippen molar-refractivity contribution in [3.63, 3.8) is 0 Å². The molecule has 0 aliphatic heterocycles. The Morgan fingerprint density at radius 2 is 1.59 bits per heavy atom. The Bertz CT molecular complexity index is 820. The van der Waals surface area contributed by atoms with Crippen LogP contribution in [0.25, 0.3) is 0 Å². The van der Waals surface area contributed by atoms with Crippen LogP contribution in [-0.2, 0) is 27.4 Å². The fourth-order valence-electron chi connectivity index (χ4n) is 2.24. The molecule has 1 amide bonds. The Morgan fingerprint density at radius 1 is 1.00 bits per heavy atom. The molecule has 2 aromatic carbocycles. The molecule has 1 N–H and O–H groups in total. The summed E-state index contributed by atoms with van der Waals surface area (Å²) in [6, 6.07) is 11.2. The van der Waals surface area contributed by atoms with Crippen molar-refractivity contribution in [3.05, 3.63) is 71.0 Å². The minimum Gasteiger partial charge on any atom is -0.449 e. The second-order valence-electron chi connectivity index (χ2n) is 6.20. The summed E-state index contributed by atoms with van der Waals surface area (Å²) in [6.07, 6.45) is -5.48. The first-order valence-electron chi connectivity index (χ1n) is 8.60. The molecule has 0 aliphatic carbocycles. The van der Waals surface area contributed by atoms with Crippen LogP contribution in [0.5, 0.6) is 0 Å². The Kier molecular flexibility index (Phi) is 7.72. The van der Waals surface area contributed by atoms with Gasteiger partial charge < -0.3 is 14.8 Å². The van der Waals surface area contributed by atoms with E-state index in [1.807, 2.05) is 0 Å². The van der Waals surface area contributed by atoms with Gasteiger partial charge in [-0.1, -0.05) is 24.3 Å². The number of hydrogen-bond donors (Lipinski definition) is 1. The van der Waals surface area contributed by atoms with Crippen molar-refractivity contribution in [2.45, 2.75) is 32.4 Å². The summed E-state index contributed by atoms with van der Waals surface area (Å²) in [5, 5.41) is 2.57. The predicted octanol–water partition coefficient (Wildman–Crippen LogP) is 3.77. The fourth-order valence-corrected chi connectivity index (χ4v) is 2.24. The lowest BCUT2D eigenvalue weighted by molar-refractivity contribution is -0.176. The third-order valence-corrected chi connectivity index (χ3v) is 3.76. The maximum absolute atomic E-state index is 12.9. The Morgan fingerprint density at radius 3 is 2.17 bits per heavy atom. The minimum atomic E-state index is -4.41.